The van der Waals surface area contributed by atoms with Crippen molar-refractivity contribution in [3.8, 4) is 0 Å². The molecule has 0 spiro atoms. The average molecular weight is 140 g/mol. The second-order valence-electron chi connectivity index (χ2n) is 1.74. The van der Waals surface area contributed by atoms with Crippen molar-refractivity contribution in [1.29, 1.82) is 0 Å². The lowest BCUT2D eigenvalue weighted by molar-refractivity contribution is 1.23. The van der Waals surface area contributed by atoms with Gasteiger partial charge in [0.15, 0.2) is 0 Å². The maximum absolute atomic E-state index is 5.54. The van der Waals surface area contributed by atoms with Crippen LogP contribution in [0.15, 0.2) is 12.1 Å². The van der Waals surface area contributed by atoms with E-state index in [0.29, 0.717) is 10.5 Å². The van der Waals surface area contributed by atoms with Gasteiger partial charge in [-0.2, -0.15) is 0 Å². The summed E-state index contributed by atoms with van der Waals surface area (Å²) in [5, 5.41) is 1.93. The third-order valence-electron chi connectivity index (χ3n) is 1.03. The fourth-order valence-corrected chi connectivity index (χ4v) is 0.669. The summed E-state index contributed by atoms with van der Waals surface area (Å²) in [4.78, 5) is 3.86. The highest BCUT2D eigenvalue weighted by atomic mass is 35.5. The Morgan fingerprint density at radius 3 is 2.44 bits per heavy atom. The average Bonchev–Trinajstić information content (AvgIpc) is 1.80. The minimum absolute atomic E-state index is 0.465. The fourth-order valence-electron chi connectivity index (χ4n) is 0.504. The minimum atomic E-state index is 0.465. The van der Waals surface area contributed by atoms with Crippen LogP contribution in [0, 0.1) is 0 Å². The van der Waals surface area contributed by atoms with Gasteiger partial charge in [0.1, 0.15) is 5.15 Å². The van der Waals surface area contributed by atoms with E-state index >= 15 is 0 Å². The molecule has 0 radical (unpaired) electrons. The Balaban J connectivity index is 3.53. The van der Waals surface area contributed by atoms with Crippen molar-refractivity contribution in [1.82, 2.24) is 4.98 Å². The van der Waals surface area contributed by atoms with E-state index in [9.17, 15) is 0 Å². The highest BCUT2D eigenvalue weighted by Crippen LogP contribution is 1.93. The zero-order chi connectivity index (χ0) is 6.85. The van der Waals surface area contributed by atoms with Gasteiger partial charge in [0.2, 0.25) is 0 Å². The smallest absolute Gasteiger partial charge is 0.129 e. The van der Waals surface area contributed by atoms with Crippen molar-refractivity contribution in [2.45, 2.75) is 0 Å². The molecular weight excluding hydrogens is 134 g/mol. The van der Waals surface area contributed by atoms with Gasteiger partial charge in [-0.3, -0.25) is 0 Å². The summed E-state index contributed by atoms with van der Waals surface area (Å²) in [5.74, 6) is 0. The summed E-state index contributed by atoms with van der Waals surface area (Å²) in [5.41, 5.74) is 0. The number of hydrogen-bond donors (Lipinski definition) is 0. The molecule has 0 atom stereocenters. The number of hydrogen-bond acceptors (Lipinski definition) is 1. The lowest BCUT2D eigenvalue weighted by atomic mass is 10.4. The molecule has 0 unspecified atom stereocenters. The van der Waals surface area contributed by atoms with Crippen LogP contribution in [-0.2, 0) is 0 Å². The van der Waals surface area contributed by atoms with Crippen LogP contribution in [0.4, 0.5) is 0 Å². The van der Waals surface area contributed by atoms with Gasteiger partial charge >= 0.3 is 0 Å². The Hall–Kier alpha value is -0.820. The summed E-state index contributed by atoms with van der Waals surface area (Å²) < 4.78 is 0. The standard InChI is InChI=1S/C7H6ClN/c1-5-3-4-7(8)9-6(5)2/h3-4H,1-2H2. The first kappa shape index (κ1) is 6.30. The lowest BCUT2D eigenvalue weighted by Gasteiger charge is -1.85. The van der Waals surface area contributed by atoms with Crippen molar-refractivity contribution in [3.05, 3.63) is 27.9 Å². The SMILES string of the molecule is C=c1ccc(Cl)nc1=C. The molecule has 46 valence electrons. The molecule has 0 aliphatic heterocycles. The second-order valence-corrected chi connectivity index (χ2v) is 2.13. The Kier molecular flexibility index (Phi) is 1.54. The normalized spacial score (nSPS) is 9.44. The van der Waals surface area contributed by atoms with Crippen LogP contribution in [0.5, 0.6) is 0 Å². The van der Waals surface area contributed by atoms with Gasteiger partial charge in [0.05, 0.1) is 5.35 Å². The van der Waals surface area contributed by atoms with Crippen molar-refractivity contribution >= 4 is 24.8 Å². The molecular formula is C7H6ClN. The van der Waals surface area contributed by atoms with Crippen LogP contribution in [-0.4, -0.2) is 4.98 Å². The maximum atomic E-state index is 5.54. The monoisotopic (exact) mass is 139 g/mol. The van der Waals surface area contributed by atoms with Crippen molar-refractivity contribution in [2.24, 2.45) is 0 Å². The predicted octanol–water partition coefficient (Wildman–Crippen LogP) is 0.556. The van der Waals surface area contributed by atoms with E-state index in [1.54, 1.807) is 12.1 Å². The fraction of sp³-hybridized carbons (Fsp3) is 0. The van der Waals surface area contributed by atoms with Crippen LogP contribution < -0.4 is 10.6 Å². The van der Waals surface area contributed by atoms with Gasteiger partial charge in [-0.05, 0) is 11.3 Å². The van der Waals surface area contributed by atoms with Gasteiger partial charge in [-0.1, -0.05) is 30.8 Å². The first-order valence-electron chi connectivity index (χ1n) is 2.50. The number of aromatic nitrogens is 1. The van der Waals surface area contributed by atoms with Gasteiger partial charge in [-0.25, -0.2) is 4.98 Å². The zero-order valence-corrected chi connectivity index (χ0v) is 5.65. The number of halogens is 1. The molecule has 0 N–H and O–H groups in total. The topological polar surface area (TPSA) is 12.9 Å². The van der Waals surface area contributed by atoms with Crippen LogP contribution >= 0.6 is 11.6 Å². The highest BCUT2D eigenvalue weighted by Gasteiger charge is 1.83. The summed E-state index contributed by atoms with van der Waals surface area (Å²) in [6, 6.07) is 3.48. The Morgan fingerprint density at radius 2 is 2.00 bits per heavy atom. The molecule has 1 heterocycles. The molecule has 0 aromatic carbocycles. The molecule has 1 nitrogen and oxygen atoms in total. The van der Waals surface area contributed by atoms with E-state index in [2.05, 4.69) is 18.1 Å². The molecule has 0 saturated carbocycles. The van der Waals surface area contributed by atoms with Gasteiger partial charge in [-0.15, -0.1) is 0 Å². The molecule has 1 rings (SSSR count). The number of rotatable bonds is 0. The first-order valence-corrected chi connectivity index (χ1v) is 2.88. The Bertz CT molecular complexity index is 305. The van der Waals surface area contributed by atoms with E-state index in [-0.39, 0.29) is 0 Å². The predicted molar refractivity (Wildman–Crippen MR) is 39.5 cm³/mol. The molecule has 0 saturated heterocycles. The third kappa shape index (κ3) is 1.30. The van der Waals surface area contributed by atoms with E-state index in [1.165, 1.54) is 0 Å². The summed E-state index contributed by atoms with van der Waals surface area (Å²) in [6.07, 6.45) is 0. The highest BCUT2D eigenvalue weighted by molar-refractivity contribution is 6.29. The third-order valence-corrected chi connectivity index (χ3v) is 1.24. The second kappa shape index (κ2) is 2.19. The van der Waals surface area contributed by atoms with Crippen molar-refractivity contribution in [3.63, 3.8) is 0 Å². The minimum Gasteiger partial charge on any atom is -0.237 e. The molecule has 0 bridgehead atoms. The Labute approximate surface area is 58.3 Å². The van der Waals surface area contributed by atoms with Gasteiger partial charge in [0, 0.05) is 0 Å². The number of pyridine rings is 1. The van der Waals surface area contributed by atoms with Crippen LogP contribution in [0.3, 0.4) is 0 Å². The molecule has 1 aromatic rings. The largest absolute Gasteiger partial charge is 0.237 e. The van der Waals surface area contributed by atoms with E-state index in [0.717, 1.165) is 5.22 Å². The Morgan fingerprint density at radius 1 is 1.33 bits per heavy atom. The first-order chi connectivity index (χ1) is 4.20. The van der Waals surface area contributed by atoms with E-state index in [1.807, 2.05) is 0 Å². The van der Waals surface area contributed by atoms with E-state index in [4.69, 9.17) is 11.6 Å². The zero-order valence-electron chi connectivity index (χ0n) is 4.89. The maximum Gasteiger partial charge on any atom is 0.129 e. The summed E-state index contributed by atoms with van der Waals surface area (Å²) in [7, 11) is 0. The van der Waals surface area contributed by atoms with Gasteiger partial charge < -0.3 is 0 Å². The quantitative estimate of drug-likeness (QED) is 0.479. The van der Waals surface area contributed by atoms with Crippen molar-refractivity contribution < 1.29 is 0 Å². The van der Waals surface area contributed by atoms with Crippen LogP contribution in [0.1, 0.15) is 0 Å². The summed E-state index contributed by atoms with van der Waals surface area (Å²) >= 11 is 5.54. The van der Waals surface area contributed by atoms with Crippen LogP contribution in [0.2, 0.25) is 5.15 Å². The molecule has 0 fully saturated rings. The molecule has 0 aliphatic rings. The molecule has 0 amide bonds. The lowest BCUT2D eigenvalue weighted by Crippen LogP contribution is -2.24. The molecule has 0 aliphatic carbocycles. The van der Waals surface area contributed by atoms with Gasteiger partial charge in [0.25, 0.3) is 0 Å². The van der Waals surface area contributed by atoms with E-state index < -0.39 is 0 Å². The number of nitrogens with zero attached hydrogens (tertiary/aromatic N) is 1. The molecule has 1 aromatic heterocycles. The molecule has 9 heavy (non-hydrogen) atoms. The summed E-state index contributed by atoms with van der Waals surface area (Å²) in [6.45, 7) is 7.30. The van der Waals surface area contributed by atoms with Crippen molar-refractivity contribution in [2.75, 3.05) is 0 Å². The van der Waals surface area contributed by atoms with Crippen LogP contribution in [0.25, 0.3) is 13.2 Å². The molecule has 2 heteroatoms.